The number of thiophene rings is 1. The molecule has 1 amide bonds. The van der Waals surface area contributed by atoms with Crippen LogP contribution >= 0.6 is 27.3 Å². The molecule has 3 rings (SSSR count). The molecule has 0 radical (unpaired) electrons. The Hall–Kier alpha value is -1.29. The quantitative estimate of drug-likeness (QED) is 0.785. The third-order valence-corrected chi connectivity index (χ3v) is 8.21. The minimum absolute atomic E-state index is 0.0993. The Morgan fingerprint density at radius 3 is 2.64 bits per heavy atom. The summed E-state index contributed by atoms with van der Waals surface area (Å²) >= 11 is 4.49. The molecular formula is C16H18BrN3O3S2. The van der Waals surface area contributed by atoms with Crippen LogP contribution in [-0.4, -0.2) is 36.7 Å². The zero-order valence-electron chi connectivity index (χ0n) is 13.6. The summed E-state index contributed by atoms with van der Waals surface area (Å²) in [5.74, 6) is 0.256. The van der Waals surface area contributed by atoms with Crippen LogP contribution in [0.4, 0.5) is 5.82 Å². The highest BCUT2D eigenvalue weighted by atomic mass is 79.9. The molecule has 1 aliphatic rings. The van der Waals surface area contributed by atoms with Crippen molar-refractivity contribution in [1.29, 1.82) is 0 Å². The maximum absolute atomic E-state index is 12.6. The molecule has 0 aromatic carbocycles. The summed E-state index contributed by atoms with van der Waals surface area (Å²) in [6, 6.07) is 7.04. The summed E-state index contributed by atoms with van der Waals surface area (Å²) < 4.78 is 27.8. The van der Waals surface area contributed by atoms with Crippen LogP contribution in [0.1, 0.15) is 18.4 Å². The number of hydrogen-bond acceptors (Lipinski definition) is 5. The van der Waals surface area contributed by atoms with Crippen LogP contribution < -0.4 is 5.32 Å². The zero-order valence-corrected chi connectivity index (χ0v) is 16.8. The lowest BCUT2D eigenvalue weighted by Gasteiger charge is -2.30. The monoisotopic (exact) mass is 443 g/mol. The number of nitrogens with zero attached hydrogens (tertiary/aromatic N) is 2. The highest BCUT2D eigenvalue weighted by Gasteiger charge is 2.33. The number of pyridine rings is 1. The Morgan fingerprint density at radius 1 is 1.32 bits per heavy atom. The van der Waals surface area contributed by atoms with Crippen molar-refractivity contribution in [2.45, 2.75) is 24.0 Å². The van der Waals surface area contributed by atoms with E-state index in [1.165, 1.54) is 15.6 Å². The fourth-order valence-corrected chi connectivity index (χ4v) is 6.39. The normalized spacial score (nSPS) is 16.7. The van der Waals surface area contributed by atoms with Crippen molar-refractivity contribution in [2.24, 2.45) is 5.92 Å². The average molecular weight is 444 g/mol. The van der Waals surface area contributed by atoms with Gasteiger partial charge in [0.15, 0.2) is 0 Å². The summed E-state index contributed by atoms with van der Waals surface area (Å²) in [5.41, 5.74) is 0.902. The molecule has 1 saturated heterocycles. The van der Waals surface area contributed by atoms with Crippen LogP contribution in [0.2, 0.25) is 0 Å². The first-order chi connectivity index (χ1) is 11.9. The van der Waals surface area contributed by atoms with Crippen molar-refractivity contribution in [2.75, 3.05) is 18.4 Å². The van der Waals surface area contributed by atoms with E-state index in [1.807, 2.05) is 19.1 Å². The van der Waals surface area contributed by atoms with Gasteiger partial charge in [-0.3, -0.25) is 4.79 Å². The fraction of sp³-hybridized carbons (Fsp3) is 0.375. The minimum atomic E-state index is -3.48. The second-order valence-electron chi connectivity index (χ2n) is 5.90. The van der Waals surface area contributed by atoms with E-state index in [-0.39, 0.29) is 11.8 Å². The SMILES string of the molecule is Cc1cccnc1NC(=O)C1CCN(S(=O)(=O)c2ccc(Br)s2)CC1. The van der Waals surface area contributed by atoms with Crippen LogP contribution in [0.15, 0.2) is 38.5 Å². The van der Waals surface area contributed by atoms with Crippen molar-refractivity contribution in [1.82, 2.24) is 9.29 Å². The van der Waals surface area contributed by atoms with E-state index >= 15 is 0 Å². The van der Waals surface area contributed by atoms with Gasteiger partial charge in [-0.05, 0) is 59.5 Å². The highest BCUT2D eigenvalue weighted by molar-refractivity contribution is 9.11. The molecule has 1 aliphatic heterocycles. The number of anilines is 1. The number of hydrogen-bond donors (Lipinski definition) is 1. The third kappa shape index (κ3) is 4.11. The van der Waals surface area contributed by atoms with Gasteiger partial charge in [0.2, 0.25) is 5.91 Å². The number of halogens is 1. The molecule has 0 unspecified atom stereocenters. The van der Waals surface area contributed by atoms with E-state index in [1.54, 1.807) is 18.3 Å². The van der Waals surface area contributed by atoms with E-state index in [0.29, 0.717) is 36.0 Å². The zero-order chi connectivity index (χ0) is 18.0. The van der Waals surface area contributed by atoms with Gasteiger partial charge in [0.05, 0.1) is 3.79 Å². The van der Waals surface area contributed by atoms with Gasteiger partial charge in [0, 0.05) is 25.2 Å². The van der Waals surface area contributed by atoms with Crippen LogP contribution in [-0.2, 0) is 14.8 Å². The molecule has 2 aromatic heterocycles. The third-order valence-electron chi connectivity index (χ3n) is 4.22. The molecule has 2 aromatic rings. The maximum Gasteiger partial charge on any atom is 0.252 e. The van der Waals surface area contributed by atoms with Gasteiger partial charge in [-0.1, -0.05) is 6.07 Å². The first kappa shape index (κ1) is 18.5. The Balaban J connectivity index is 1.62. The van der Waals surface area contributed by atoms with E-state index in [0.717, 1.165) is 9.35 Å². The van der Waals surface area contributed by atoms with E-state index in [4.69, 9.17) is 0 Å². The van der Waals surface area contributed by atoms with Gasteiger partial charge >= 0.3 is 0 Å². The van der Waals surface area contributed by atoms with Gasteiger partial charge in [0.1, 0.15) is 10.0 Å². The number of piperidine rings is 1. The number of amides is 1. The molecule has 0 atom stereocenters. The lowest BCUT2D eigenvalue weighted by atomic mass is 9.97. The number of aryl methyl sites for hydroxylation is 1. The predicted octanol–water partition coefficient (Wildman–Crippen LogP) is 3.25. The molecular weight excluding hydrogens is 426 g/mol. The number of nitrogens with one attached hydrogen (secondary N) is 1. The predicted molar refractivity (Wildman–Crippen MR) is 101 cm³/mol. The van der Waals surface area contributed by atoms with Crippen molar-refractivity contribution >= 4 is 49.0 Å². The number of rotatable bonds is 4. The molecule has 134 valence electrons. The van der Waals surface area contributed by atoms with E-state index in [2.05, 4.69) is 26.2 Å². The Morgan fingerprint density at radius 2 is 2.04 bits per heavy atom. The number of sulfonamides is 1. The Kier molecular flexibility index (Phi) is 5.57. The van der Waals surface area contributed by atoms with Crippen molar-refractivity contribution in [3.05, 3.63) is 39.8 Å². The van der Waals surface area contributed by atoms with Gasteiger partial charge in [-0.2, -0.15) is 4.31 Å². The first-order valence-electron chi connectivity index (χ1n) is 7.86. The molecule has 9 heteroatoms. The Bertz CT molecular complexity index is 874. The topological polar surface area (TPSA) is 79.4 Å². The fourth-order valence-electron chi connectivity index (χ4n) is 2.76. The molecule has 1 N–H and O–H groups in total. The van der Waals surface area contributed by atoms with Crippen LogP contribution in [0.3, 0.4) is 0 Å². The number of aromatic nitrogens is 1. The molecule has 0 saturated carbocycles. The van der Waals surface area contributed by atoms with Gasteiger partial charge in [0.25, 0.3) is 10.0 Å². The summed E-state index contributed by atoms with van der Waals surface area (Å²) in [6.07, 6.45) is 2.64. The van der Waals surface area contributed by atoms with Crippen LogP contribution in [0.5, 0.6) is 0 Å². The molecule has 0 aliphatic carbocycles. The second-order valence-corrected chi connectivity index (χ2v) is 10.5. The summed E-state index contributed by atoms with van der Waals surface area (Å²) in [7, 11) is -3.48. The highest BCUT2D eigenvalue weighted by Crippen LogP contribution is 2.31. The van der Waals surface area contributed by atoms with Gasteiger partial charge in [-0.15, -0.1) is 11.3 Å². The van der Waals surface area contributed by atoms with E-state index < -0.39 is 10.0 Å². The van der Waals surface area contributed by atoms with Gasteiger partial charge < -0.3 is 5.32 Å². The number of carbonyl (C=O) groups excluding carboxylic acids is 1. The molecule has 25 heavy (non-hydrogen) atoms. The molecule has 3 heterocycles. The summed E-state index contributed by atoms with van der Waals surface area (Å²) in [4.78, 5) is 16.6. The standard InChI is InChI=1S/C16H18BrN3O3S2/c1-11-3-2-8-18-15(11)19-16(21)12-6-9-20(10-7-12)25(22,23)14-5-4-13(17)24-14/h2-5,8,12H,6-7,9-10H2,1H3,(H,18,19,21). The maximum atomic E-state index is 12.6. The largest absolute Gasteiger partial charge is 0.310 e. The van der Waals surface area contributed by atoms with E-state index in [9.17, 15) is 13.2 Å². The number of carbonyl (C=O) groups is 1. The van der Waals surface area contributed by atoms with Crippen molar-refractivity contribution < 1.29 is 13.2 Å². The lowest BCUT2D eigenvalue weighted by molar-refractivity contribution is -0.120. The average Bonchev–Trinajstić information content (AvgIpc) is 3.04. The second kappa shape index (κ2) is 7.53. The van der Waals surface area contributed by atoms with Crippen molar-refractivity contribution in [3.8, 4) is 0 Å². The van der Waals surface area contributed by atoms with Crippen LogP contribution in [0, 0.1) is 12.8 Å². The molecule has 1 fully saturated rings. The molecule has 6 nitrogen and oxygen atoms in total. The molecule has 0 spiro atoms. The minimum Gasteiger partial charge on any atom is -0.310 e. The summed E-state index contributed by atoms with van der Waals surface area (Å²) in [6.45, 7) is 2.57. The Labute approximate surface area is 159 Å². The van der Waals surface area contributed by atoms with Gasteiger partial charge in [-0.25, -0.2) is 13.4 Å². The van der Waals surface area contributed by atoms with Crippen molar-refractivity contribution in [3.63, 3.8) is 0 Å². The lowest BCUT2D eigenvalue weighted by Crippen LogP contribution is -2.41. The molecule has 0 bridgehead atoms. The van der Waals surface area contributed by atoms with Crippen LogP contribution in [0.25, 0.3) is 0 Å². The first-order valence-corrected chi connectivity index (χ1v) is 10.9. The smallest absolute Gasteiger partial charge is 0.252 e. The summed E-state index contributed by atoms with van der Waals surface area (Å²) in [5, 5.41) is 2.85.